The number of benzene rings is 2. The van der Waals surface area contributed by atoms with E-state index in [-0.39, 0.29) is 12.0 Å². The molecule has 2 aromatic carbocycles. The molecule has 2 rings (SSSR count). The highest BCUT2D eigenvalue weighted by Gasteiger charge is 2.36. The molecule has 0 saturated heterocycles. The van der Waals surface area contributed by atoms with E-state index in [2.05, 4.69) is 0 Å². The molecule has 0 aliphatic heterocycles. The van der Waals surface area contributed by atoms with Gasteiger partial charge in [0.25, 0.3) is 12.3 Å². The number of alkyl halides is 2. The normalized spacial score (nSPS) is 11.9. The second kappa shape index (κ2) is 9.85. The molecule has 1 unspecified atom stereocenters. The summed E-state index contributed by atoms with van der Waals surface area (Å²) in [6.45, 7) is -0.641. The van der Waals surface area contributed by atoms with Gasteiger partial charge in [-0.15, -0.1) is 0 Å². The Kier molecular flexibility index (Phi) is 7.52. The van der Waals surface area contributed by atoms with Crippen molar-refractivity contribution in [2.75, 3.05) is 13.2 Å². The molecule has 148 valence electrons. The van der Waals surface area contributed by atoms with Gasteiger partial charge in [-0.05, 0) is 23.3 Å². The number of hydrogen-bond donors (Lipinski definition) is 1. The number of carbonyl (C=O) groups excluding carboxylic acids is 3. The lowest BCUT2D eigenvalue weighted by atomic mass is 10.0. The summed E-state index contributed by atoms with van der Waals surface area (Å²) >= 11 is 0. The standard InChI is InChI=1S/C21H21F2NO4/c1-2-17(26)20(18(27)13-25)24(12-19(22)23)21(28)16-10-8-15(9-11-16)14-6-4-3-5-7-14/h3-11,19-20,25H,2,12-13H2,1H3. The van der Waals surface area contributed by atoms with Gasteiger partial charge in [-0.3, -0.25) is 14.4 Å². The van der Waals surface area contributed by atoms with E-state index in [1.54, 1.807) is 12.1 Å². The van der Waals surface area contributed by atoms with Gasteiger partial charge in [0.2, 0.25) is 0 Å². The molecule has 2 aromatic rings. The van der Waals surface area contributed by atoms with Gasteiger partial charge in [0.1, 0.15) is 6.61 Å². The third kappa shape index (κ3) is 5.07. The molecular weight excluding hydrogens is 368 g/mol. The van der Waals surface area contributed by atoms with Crippen molar-refractivity contribution in [1.82, 2.24) is 4.90 Å². The minimum absolute atomic E-state index is 0.0694. The van der Waals surface area contributed by atoms with Crippen molar-refractivity contribution >= 4 is 17.5 Å². The van der Waals surface area contributed by atoms with Gasteiger partial charge < -0.3 is 10.0 Å². The second-order valence-corrected chi connectivity index (χ2v) is 6.14. The van der Waals surface area contributed by atoms with Gasteiger partial charge in [-0.1, -0.05) is 49.4 Å². The summed E-state index contributed by atoms with van der Waals surface area (Å²) in [6, 6.07) is 13.9. The maximum absolute atomic E-state index is 13.1. The Morgan fingerprint density at radius 3 is 2.00 bits per heavy atom. The first-order valence-corrected chi connectivity index (χ1v) is 8.79. The molecule has 5 nitrogen and oxygen atoms in total. The van der Waals surface area contributed by atoms with Crippen LogP contribution in [-0.4, -0.2) is 53.1 Å². The Bertz CT molecular complexity index is 806. The van der Waals surface area contributed by atoms with Gasteiger partial charge in [0.15, 0.2) is 17.6 Å². The Hall–Kier alpha value is -2.93. The molecule has 0 aliphatic carbocycles. The molecule has 0 bridgehead atoms. The quantitative estimate of drug-likeness (QED) is 0.669. The molecule has 0 heterocycles. The molecule has 0 radical (unpaired) electrons. The van der Waals surface area contributed by atoms with Crippen LogP contribution in [0.2, 0.25) is 0 Å². The molecule has 7 heteroatoms. The number of carbonyl (C=O) groups is 3. The number of halogens is 2. The molecule has 1 amide bonds. The van der Waals surface area contributed by atoms with Crippen molar-refractivity contribution < 1.29 is 28.3 Å². The molecular formula is C21H21F2NO4. The zero-order valence-electron chi connectivity index (χ0n) is 15.3. The van der Waals surface area contributed by atoms with Crippen LogP contribution in [0.25, 0.3) is 11.1 Å². The van der Waals surface area contributed by atoms with E-state index in [4.69, 9.17) is 5.11 Å². The maximum atomic E-state index is 13.1. The largest absolute Gasteiger partial charge is 0.388 e. The van der Waals surface area contributed by atoms with Crippen LogP contribution in [0.1, 0.15) is 23.7 Å². The van der Waals surface area contributed by atoms with E-state index < -0.39 is 43.1 Å². The smallest absolute Gasteiger partial charge is 0.255 e. The number of rotatable bonds is 9. The van der Waals surface area contributed by atoms with E-state index in [0.717, 1.165) is 11.1 Å². The predicted molar refractivity (Wildman–Crippen MR) is 100 cm³/mol. The van der Waals surface area contributed by atoms with E-state index in [1.807, 2.05) is 30.3 Å². The van der Waals surface area contributed by atoms with Crippen molar-refractivity contribution in [2.45, 2.75) is 25.8 Å². The number of ketones is 2. The Labute approximate surface area is 161 Å². The first-order chi connectivity index (χ1) is 13.4. The highest BCUT2D eigenvalue weighted by molar-refractivity contribution is 6.10. The molecule has 1 N–H and O–H groups in total. The van der Waals surface area contributed by atoms with E-state index >= 15 is 0 Å². The number of nitrogens with zero attached hydrogens (tertiary/aromatic N) is 1. The molecule has 1 atom stereocenters. The second-order valence-electron chi connectivity index (χ2n) is 6.14. The predicted octanol–water partition coefficient (Wildman–Crippen LogP) is 2.97. The van der Waals surface area contributed by atoms with Crippen molar-refractivity contribution in [3.63, 3.8) is 0 Å². The Morgan fingerprint density at radius 2 is 1.50 bits per heavy atom. The van der Waals surface area contributed by atoms with Crippen LogP contribution in [0.15, 0.2) is 54.6 Å². The Morgan fingerprint density at radius 1 is 0.929 bits per heavy atom. The lowest BCUT2D eigenvalue weighted by Gasteiger charge is -2.29. The summed E-state index contributed by atoms with van der Waals surface area (Å²) in [5.74, 6) is -2.55. The van der Waals surface area contributed by atoms with Crippen molar-refractivity contribution in [3.05, 3.63) is 60.2 Å². The lowest BCUT2D eigenvalue weighted by Crippen LogP contribution is -2.52. The number of aliphatic hydroxyl groups excluding tert-OH is 1. The summed E-state index contributed by atoms with van der Waals surface area (Å²) in [7, 11) is 0. The molecule has 0 spiro atoms. The first-order valence-electron chi connectivity index (χ1n) is 8.79. The molecule has 0 saturated carbocycles. The average Bonchev–Trinajstić information content (AvgIpc) is 2.72. The number of amides is 1. The van der Waals surface area contributed by atoms with E-state index in [9.17, 15) is 23.2 Å². The van der Waals surface area contributed by atoms with Gasteiger partial charge in [0.05, 0.1) is 6.54 Å². The van der Waals surface area contributed by atoms with Crippen molar-refractivity contribution in [1.29, 1.82) is 0 Å². The van der Waals surface area contributed by atoms with Crippen molar-refractivity contribution in [3.8, 4) is 11.1 Å². The first kappa shape index (κ1) is 21.4. The van der Waals surface area contributed by atoms with Crippen LogP contribution in [0.3, 0.4) is 0 Å². The van der Waals surface area contributed by atoms with Crippen LogP contribution in [-0.2, 0) is 9.59 Å². The lowest BCUT2D eigenvalue weighted by molar-refractivity contribution is -0.135. The van der Waals surface area contributed by atoms with Crippen molar-refractivity contribution in [2.24, 2.45) is 0 Å². The number of aliphatic hydroxyl groups is 1. The summed E-state index contributed by atoms with van der Waals surface area (Å²) in [6.07, 6.45) is -3.07. The van der Waals surface area contributed by atoms with Crippen LogP contribution in [0, 0.1) is 0 Å². The topological polar surface area (TPSA) is 74.7 Å². The van der Waals surface area contributed by atoms with Gasteiger partial charge in [0, 0.05) is 12.0 Å². The zero-order valence-corrected chi connectivity index (χ0v) is 15.3. The highest BCUT2D eigenvalue weighted by Crippen LogP contribution is 2.21. The van der Waals surface area contributed by atoms with Gasteiger partial charge >= 0.3 is 0 Å². The van der Waals surface area contributed by atoms with E-state index in [1.165, 1.54) is 19.1 Å². The summed E-state index contributed by atoms with van der Waals surface area (Å²) < 4.78 is 26.1. The fourth-order valence-corrected chi connectivity index (χ4v) is 2.86. The summed E-state index contributed by atoms with van der Waals surface area (Å²) in [5.41, 5.74) is 1.81. The zero-order chi connectivity index (χ0) is 20.7. The molecule has 28 heavy (non-hydrogen) atoms. The van der Waals surface area contributed by atoms with Crippen LogP contribution >= 0.6 is 0 Å². The van der Waals surface area contributed by atoms with Gasteiger partial charge in [-0.2, -0.15) is 0 Å². The average molecular weight is 389 g/mol. The Balaban J connectivity index is 2.36. The maximum Gasteiger partial charge on any atom is 0.255 e. The minimum atomic E-state index is -2.94. The SMILES string of the molecule is CCC(=O)C(C(=O)CO)N(CC(F)F)C(=O)c1ccc(-c2ccccc2)cc1. The van der Waals surface area contributed by atoms with E-state index in [0.29, 0.717) is 4.90 Å². The highest BCUT2D eigenvalue weighted by atomic mass is 19.3. The third-order valence-corrected chi connectivity index (χ3v) is 4.26. The van der Waals surface area contributed by atoms with Crippen LogP contribution in [0.4, 0.5) is 8.78 Å². The summed E-state index contributed by atoms with van der Waals surface area (Å²) in [5, 5.41) is 9.12. The molecule has 0 aromatic heterocycles. The fourth-order valence-electron chi connectivity index (χ4n) is 2.86. The van der Waals surface area contributed by atoms with Crippen LogP contribution < -0.4 is 0 Å². The van der Waals surface area contributed by atoms with Crippen LogP contribution in [0.5, 0.6) is 0 Å². The number of hydrogen-bond acceptors (Lipinski definition) is 4. The van der Waals surface area contributed by atoms with Gasteiger partial charge in [-0.25, -0.2) is 8.78 Å². The monoisotopic (exact) mass is 389 g/mol. The fraction of sp³-hybridized carbons (Fsp3) is 0.286. The molecule has 0 fully saturated rings. The number of Topliss-reactive ketones (excluding diaryl/α,β-unsaturated/α-hetero) is 2. The third-order valence-electron chi connectivity index (χ3n) is 4.26. The molecule has 0 aliphatic rings. The minimum Gasteiger partial charge on any atom is -0.388 e. The summed E-state index contributed by atoms with van der Waals surface area (Å²) in [4.78, 5) is 37.5.